The number of ether oxygens (including phenoxy) is 2. The molecule has 1 aromatic heterocycles. The van der Waals surface area contributed by atoms with Gasteiger partial charge in [0.1, 0.15) is 23.9 Å². The molecule has 0 saturated heterocycles. The van der Waals surface area contributed by atoms with Crippen LogP contribution in [-0.4, -0.2) is 59.3 Å². The lowest BCUT2D eigenvalue weighted by atomic mass is 9.97. The van der Waals surface area contributed by atoms with Crippen molar-refractivity contribution in [2.24, 2.45) is 5.92 Å². The highest BCUT2D eigenvalue weighted by Crippen LogP contribution is 2.23. The first-order valence-electron chi connectivity index (χ1n) is 12.4. The molecule has 1 heterocycles. The van der Waals surface area contributed by atoms with Gasteiger partial charge in [-0.25, -0.2) is 4.39 Å². The SMILES string of the molecule is CCC(Cc1ccc(OCCN(C)c2nc(Oc3ccc(F)cc3)nc(N(CC)CC)n2)cc1)C(=O)O. The number of halogens is 1. The molecule has 198 valence electrons. The number of nitrogens with zero attached hydrogens (tertiary/aromatic N) is 5. The number of aromatic nitrogens is 3. The number of benzene rings is 2. The molecule has 0 bridgehead atoms. The second kappa shape index (κ2) is 13.4. The second-order valence-electron chi connectivity index (χ2n) is 8.51. The first kappa shape index (κ1) is 27.6. The maximum Gasteiger partial charge on any atom is 0.328 e. The zero-order valence-corrected chi connectivity index (χ0v) is 21.7. The number of anilines is 2. The number of aliphatic carboxylic acids is 1. The molecule has 0 saturated carbocycles. The third-order valence-electron chi connectivity index (χ3n) is 5.94. The van der Waals surface area contributed by atoms with Gasteiger partial charge in [0.05, 0.1) is 12.5 Å². The van der Waals surface area contributed by atoms with Crippen molar-refractivity contribution in [1.82, 2.24) is 15.0 Å². The molecule has 0 radical (unpaired) electrons. The topological polar surface area (TPSA) is 101 Å². The summed E-state index contributed by atoms with van der Waals surface area (Å²) in [5.41, 5.74) is 0.960. The summed E-state index contributed by atoms with van der Waals surface area (Å²) >= 11 is 0. The minimum atomic E-state index is -0.778. The Morgan fingerprint density at radius 1 is 0.946 bits per heavy atom. The smallest absolute Gasteiger partial charge is 0.328 e. The molecule has 3 rings (SSSR count). The van der Waals surface area contributed by atoms with E-state index in [1.54, 1.807) is 0 Å². The lowest BCUT2D eigenvalue weighted by Gasteiger charge is -2.22. The summed E-state index contributed by atoms with van der Waals surface area (Å²) in [5.74, 6) is 0.507. The van der Waals surface area contributed by atoms with Crippen LogP contribution in [0, 0.1) is 11.7 Å². The molecule has 0 aliphatic carbocycles. The quantitative estimate of drug-likeness (QED) is 0.326. The van der Waals surface area contributed by atoms with Crippen LogP contribution in [0.15, 0.2) is 48.5 Å². The first-order chi connectivity index (χ1) is 17.8. The number of hydrogen-bond donors (Lipinski definition) is 1. The van der Waals surface area contributed by atoms with Crippen molar-refractivity contribution in [3.63, 3.8) is 0 Å². The zero-order chi connectivity index (χ0) is 26.8. The van der Waals surface area contributed by atoms with Crippen LogP contribution in [0.4, 0.5) is 16.3 Å². The summed E-state index contributed by atoms with van der Waals surface area (Å²) < 4.78 is 24.9. The third kappa shape index (κ3) is 8.03. The van der Waals surface area contributed by atoms with Crippen molar-refractivity contribution in [3.8, 4) is 17.5 Å². The molecule has 0 aliphatic rings. The Morgan fingerprint density at radius 3 is 2.16 bits per heavy atom. The van der Waals surface area contributed by atoms with E-state index in [9.17, 15) is 14.3 Å². The summed E-state index contributed by atoms with van der Waals surface area (Å²) in [6, 6.07) is 13.3. The molecule has 9 nitrogen and oxygen atoms in total. The zero-order valence-electron chi connectivity index (χ0n) is 21.7. The van der Waals surface area contributed by atoms with Gasteiger partial charge in [-0.2, -0.15) is 15.0 Å². The van der Waals surface area contributed by atoms with E-state index < -0.39 is 5.97 Å². The van der Waals surface area contributed by atoms with E-state index in [0.717, 1.165) is 5.56 Å². The third-order valence-corrected chi connectivity index (χ3v) is 5.94. The lowest BCUT2D eigenvalue weighted by molar-refractivity contribution is -0.141. The standard InChI is InChI=1S/C27H34FN5O4/c1-5-20(24(34)35)18-19-8-12-22(13-9-19)36-17-16-32(4)25-29-26(33(6-2)7-3)31-27(30-25)37-23-14-10-21(28)11-15-23/h8-15,20H,5-7,16-18H2,1-4H3,(H,34,35). The molecule has 1 atom stereocenters. The number of carboxylic acids is 1. The Morgan fingerprint density at radius 2 is 1.57 bits per heavy atom. The van der Waals surface area contributed by atoms with Gasteiger partial charge in [-0.15, -0.1) is 0 Å². The van der Waals surface area contributed by atoms with Crippen LogP contribution in [-0.2, 0) is 11.2 Å². The lowest BCUT2D eigenvalue weighted by Crippen LogP contribution is -2.29. The summed E-state index contributed by atoms with van der Waals surface area (Å²) in [6.45, 7) is 8.21. The van der Waals surface area contributed by atoms with Crippen LogP contribution >= 0.6 is 0 Å². The Labute approximate surface area is 216 Å². The van der Waals surface area contributed by atoms with Crippen LogP contribution in [0.3, 0.4) is 0 Å². The molecule has 1 N–H and O–H groups in total. The van der Waals surface area contributed by atoms with Gasteiger partial charge >= 0.3 is 12.0 Å². The van der Waals surface area contributed by atoms with E-state index in [0.29, 0.717) is 62.5 Å². The van der Waals surface area contributed by atoms with Gasteiger partial charge in [0.25, 0.3) is 0 Å². The van der Waals surface area contributed by atoms with Gasteiger partial charge in [-0.1, -0.05) is 19.1 Å². The van der Waals surface area contributed by atoms with Gasteiger partial charge in [0.2, 0.25) is 11.9 Å². The van der Waals surface area contributed by atoms with Crippen LogP contribution in [0.2, 0.25) is 0 Å². The van der Waals surface area contributed by atoms with Crippen molar-refractivity contribution in [2.75, 3.05) is 43.1 Å². The van der Waals surface area contributed by atoms with E-state index in [2.05, 4.69) is 15.0 Å². The van der Waals surface area contributed by atoms with Crippen LogP contribution in [0.5, 0.6) is 17.5 Å². The van der Waals surface area contributed by atoms with Gasteiger partial charge < -0.3 is 24.4 Å². The highest BCUT2D eigenvalue weighted by Gasteiger charge is 2.17. The Hall–Kier alpha value is -3.95. The van der Waals surface area contributed by atoms with Crippen molar-refractivity contribution >= 4 is 17.9 Å². The molecule has 0 aliphatic heterocycles. The van der Waals surface area contributed by atoms with Crippen molar-refractivity contribution < 1.29 is 23.8 Å². The Kier molecular flexibility index (Phi) is 10.00. The van der Waals surface area contributed by atoms with Crippen LogP contribution < -0.4 is 19.3 Å². The molecule has 0 spiro atoms. The largest absolute Gasteiger partial charge is 0.492 e. The van der Waals surface area contributed by atoms with Crippen LogP contribution in [0.1, 0.15) is 32.8 Å². The molecular formula is C27H34FN5O4. The fraction of sp³-hybridized carbons (Fsp3) is 0.407. The van der Waals surface area contributed by atoms with Crippen molar-refractivity contribution in [2.45, 2.75) is 33.6 Å². The number of hydrogen-bond acceptors (Lipinski definition) is 8. The van der Waals surface area contributed by atoms with E-state index in [1.165, 1.54) is 24.3 Å². The van der Waals surface area contributed by atoms with Crippen LogP contribution in [0.25, 0.3) is 0 Å². The molecule has 37 heavy (non-hydrogen) atoms. The number of carbonyl (C=O) groups is 1. The maximum atomic E-state index is 13.3. The number of rotatable bonds is 14. The minimum absolute atomic E-state index is 0.119. The number of carboxylic acid groups (broad SMARTS) is 1. The molecule has 0 fully saturated rings. The fourth-order valence-electron chi connectivity index (χ4n) is 3.62. The second-order valence-corrected chi connectivity index (χ2v) is 8.51. The first-order valence-corrected chi connectivity index (χ1v) is 12.4. The summed E-state index contributed by atoms with van der Waals surface area (Å²) in [7, 11) is 1.85. The highest BCUT2D eigenvalue weighted by molar-refractivity contribution is 5.70. The molecule has 1 unspecified atom stereocenters. The highest BCUT2D eigenvalue weighted by atomic mass is 19.1. The summed E-state index contributed by atoms with van der Waals surface area (Å²) in [4.78, 5) is 28.6. The van der Waals surface area contributed by atoms with E-state index in [-0.39, 0.29) is 17.7 Å². The van der Waals surface area contributed by atoms with Gasteiger partial charge in [-0.3, -0.25) is 4.79 Å². The summed E-state index contributed by atoms with van der Waals surface area (Å²) in [5, 5.41) is 9.26. The van der Waals surface area contributed by atoms with Crippen molar-refractivity contribution in [1.29, 1.82) is 0 Å². The Bertz CT molecular complexity index is 1140. The molecule has 0 amide bonds. The predicted molar refractivity (Wildman–Crippen MR) is 140 cm³/mol. The number of likely N-dealkylation sites (N-methyl/N-ethyl adjacent to an activating group) is 1. The summed E-state index contributed by atoms with van der Waals surface area (Å²) in [6.07, 6.45) is 1.08. The van der Waals surface area contributed by atoms with Gasteiger partial charge in [0, 0.05) is 20.1 Å². The Balaban J connectivity index is 1.65. The molecule has 2 aromatic carbocycles. The van der Waals surface area contributed by atoms with E-state index >= 15 is 0 Å². The monoisotopic (exact) mass is 511 g/mol. The predicted octanol–water partition coefficient (Wildman–Crippen LogP) is 4.82. The van der Waals surface area contributed by atoms with Crippen molar-refractivity contribution in [3.05, 3.63) is 59.9 Å². The average molecular weight is 512 g/mol. The maximum absolute atomic E-state index is 13.3. The van der Waals surface area contributed by atoms with Gasteiger partial charge in [0.15, 0.2) is 0 Å². The van der Waals surface area contributed by atoms with Gasteiger partial charge in [-0.05, 0) is 68.7 Å². The van der Waals surface area contributed by atoms with E-state index in [1.807, 2.05) is 61.9 Å². The fourth-order valence-corrected chi connectivity index (χ4v) is 3.62. The average Bonchev–Trinajstić information content (AvgIpc) is 2.90. The molecule has 10 heteroatoms. The molecular weight excluding hydrogens is 477 g/mol. The van der Waals surface area contributed by atoms with E-state index in [4.69, 9.17) is 9.47 Å². The molecule has 3 aromatic rings. The normalized spacial score (nSPS) is 11.6. The minimum Gasteiger partial charge on any atom is -0.492 e.